The van der Waals surface area contributed by atoms with Crippen LogP contribution in [0.3, 0.4) is 0 Å². The first-order valence-corrected chi connectivity index (χ1v) is 11.6. The van der Waals surface area contributed by atoms with E-state index in [1.54, 1.807) is 13.1 Å². The van der Waals surface area contributed by atoms with Crippen molar-refractivity contribution in [1.82, 2.24) is 18.8 Å². The fraction of sp³-hybridized carbons (Fsp3) is 0.0833. The molecule has 0 saturated carbocycles. The second-order valence-corrected chi connectivity index (χ2v) is 9.59. The van der Waals surface area contributed by atoms with Gasteiger partial charge in [0.2, 0.25) is 0 Å². The predicted molar refractivity (Wildman–Crippen MR) is 126 cm³/mol. The number of imidazole rings is 1. The number of rotatable bonds is 5. The van der Waals surface area contributed by atoms with Gasteiger partial charge < -0.3 is 4.98 Å². The zero-order valence-corrected chi connectivity index (χ0v) is 18.7. The van der Waals surface area contributed by atoms with Gasteiger partial charge in [-0.05, 0) is 42.8 Å². The molecule has 0 aliphatic heterocycles. The number of halogens is 1. The zero-order chi connectivity index (χ0) is 23.2. The average molecular weight is 462 g/mol. The molecule has 1 N–H and O–H groups in total. The van der Waals surface area contributed by atoms with E-state index in [0.717, 1.165) is 32.5 Å². The van der Waals surface area contributed by atoms with Gasteiger partial charge in [-0.3, -0.25) is 4.40 Å². The second kappa shape index (κ2) is 7.86. The van der Waals surface area contributed by atoms with Crippen molar-refractivity contribution in [2.75, 3.05) is 7.05 Å². The third-order valence-electron chi connectivity index (χ3n) is 5.56. The standard InChI is InChI=1S/C24H20FN5O2S/c1-16-7-9-18(25)11-23(16)33(31,32)29(2)28-13-19-12-27-24-10-8-17(15-30(19)24)21-14-26-22-6-4-3-5-20(21)22/h3-15,26H,1-2H3. The summed E-state index contributed by atoms with van der Waals surface area (Å²) in [6.07, 6.45) is 6.93. The quantitative estimate of drug-likeness (QED) is 0.307. The number of hydrazone groups is 1. The molecule has 0 bridgehead atoms. The van der Waals surface area contributed by atoms with Crippen LogP contribution in [-0.2, 0) is 10.0 Å². The molecule has 7 nitrogen and oxygen atoms in total. The number of benzene rings is 2. The number of para-hydroxylation sites is 1. The van der Waals surface area contributed by atoms with Crippen molar-refractivity contribution in [1.29, 1.82) is 0 Å². The Morgan fingerprint density at radius 1 is 1.15 bits per heavy atom. The maximum atomic E-state index is 13.6. The summed E-state index contributed by atoms with van der Waals surface area (Å²) in [4.78, 5) is 7.52. The number of aryl methyl sites for hydroxylation is 1. The molecule has 33 heavy (non-hydrogen) atoms. The molecule has 5 aromatic rings. The van der Waals surface area contributed by atoms with E-state index in [2.05, 4.69) is 21.1 Å². The van der Waals surface area contributed by atoms with E-state index in [1.807, 2.05) is 47.1 Å². The molecule has 0 unspecified atom stereocenters. The lowest BCUT2D eigenvalue weighted by Crippen LogP contribution is -2.23. The number of hydrogen-bond acceptors (Lipinski definition) is 4. The molecule has 9 heteroatoms. The monoisotopic (exact) mass is 461 g/mol. The number of pyridine rings is 1. The first kappa shape index (κ1) is 20.9. The molecule has 0 spiro atoms. The zero-order valence-electron chi connectivity index (χ0n) is 17.9. The molecular weight excluding hydrogens is 441 g/mol. The number of nitrogens with one attached hydrogen (secondary N) is 1. The van der Waals surface area contributed by atoms with Gasteiger partial charge in [-0.25, -0.2) is 9.37 Å². The summed E-state index contributed by atoms with van der Waals surface area (Å²) in [6.45, 7) is 1.61. The van der Waals surface area contributed by atoms with Crippen molar-refractivity contribution >= 4 is 32.8 Å². The number of nitrogens with zero attached hydrogens (tertiary/aromatic N) is 4. The van der Waals surface area contributed by atoms with Crippen LogP contribution in [-0.4, -0.2) is 40.5 Å². The van der Waals surface area contributed by atoms with Crippen molar-refractivity contribution in [3.05, 3.63) is 90.3 Å². The number of sulfonamides is 1. The van der Waals surface area contributed by atoms with Crippen LogP contribution >= 0.6 is 0 Å². The first-order chi connectivity index (χ1) is 15.8. The van der Waals surface area contributed by atoms with Gasteiger partial charge in [-0.15, -0.1) is 0 Å². The molecule has 166 valence electrons. The van der Waals surface area contributed by atoms with E-state index in [9.17, 15) is 12.8 Å². The van der Waals surface area contributed by atoms with Crippen molar-refractivity contribution in [3.8, 4) is 11.1 Å². The Labute approximate surface area is 189 Å². The lowest BCUT2D eigenvalue weighted by atomic mass is 10.1. The van der Waals surface area contributed by atoms with Crippen LogP contribution in [0.1, 0.15) is 11.3 Å². The van der Waals surface area contributed by atoms with Crippen molar-refractivity contribution in [2.45, 2.75) is 11.8 Å². The van der Waals surface area contributed by atoms with Gasteiger partial charge in [-0.1, -0.05) is 24.3 Å². The highest BCUT2D eigenvalue weighted by Crippen LogP contribution is 2.29. The first-order valence-electron chi connectivity index (χ1n) is 10.2. The van der Waals surface area contributed by atoms with Crippen LogP contribution in [0.5, 0.6) is 0 Å². The maximum Gasteiger partial charge on any atom is 0.279 e. The van der Waals surface area contributed by atoms with E-state index >= 15 is 0 Å². The van der Waals surface area contributed by atoms with Gasteiger partial charge in [0.05, 0.1) is 23.0 Å². The van der Waals surface area contributed by atoms with Gasteiger partial charge in [0.1, 0.15) is 11.5 Å². The number of hydrogen-bond donors (Lipinski definition) is 1. The van der Waals surface area contributed by atoms with Crippen LogP contribution < -0.4 is 0 Å². The third kappa shape index (κ3) is 3.66. The number of fused-ring (bicyclic) bond motifs is 2. The fourth-order valence-electron chi connectivity index (χ4n) is 3.76. The summed E-state index contributed by atoms with van der Waals surface area (Å²) < 4.78 is 42.1. The summed E-state index contributed by atoms with van der Waals surface area (Å²) in [5, 5.41) is 5.21. The summed E-state index contributed by atoms with van der Waals surface area (Å²) in [5.41, 5.74) is 4.81. The summed E-state index contributed by atoms with van der Waals surface area (Å²) >= 11 is 0. The molecule has 2 aromatic carbocycles. The Bertz CT molecular complexity index is 1640. The molecule has 0 aliphatic carbocycles. The Morgan fingerprint density at radius 3 is 2.82 bits per heavy atom. The van der Waals surface area contributed by atoms with Crippen LogP contribution in [0.4, 0.5) is 4.39 Å². The van der Waals surface area contributed by atoms with E-state index in [-0.39, 0.29) is 4.90 Å². The Kier molecular flexibility index (Phi) is 4.98. The summed E-state index contributed by atoms with van der Waals surface area (Å²) in [5.74, 6) is -0.622. The van der Waals surface area contributed by atoms with E-state index in [1.165, 1.54) is 25.4 Å². The Hall–Kier alpha value is -3.98. The van der Waals surface area contributed by atoms with Gasteiger partial charge in [0.25, 0.3) is 10.0 Å². The van der Waals surface area contributed by atoms with E-state index < -0.39 is 15.8 Å². The van der Waals surface area contributed by atoms with Gasteiger partial charge in [0.15, 0.2) is 0 Å². The third-order valence-corrected chi connectivity index (χ3v) is 7.35. The van der Waals surface area contributed by atoms with Gasteiger partial charge in [-0.2, -0.15) is 17.9 Å². The molecule has 0 atom stereocenters. The van der Waals surface area contributed by atoms with Gasteiger partial charge >= 0.3 is 0 Å². The lowest BCUT2D eigenvalue weighted by Gasteiger charge is -2.15. The Balaban J connectivity index is 1.50. The summed E-state index contributed by atoms with van der Waals surface area (Å²) in [6, 6.07) is 15.6. The molecule has 0 amide bonds. The summed E-state index contributed by atoms with van der Waals surface area (Å²) in [7, 11) is -2.69. The van der Waals surface area contributed by atoms with Gasteiger partial charge in [0, 0.05) is 41.5 Å². The number of aromatic amines is 1. The lowest BCUT2D eigenvalue weighted by molar-refractivity contribution is 0.489. The number of H-pyrrole nitrogens is 1. The minimum absolute atomic E-state index is 0.123. The highest BCUT2D eigenvalue weighted by molar-refractivity contribution is 7.89. The largest absolute Gasteiger partial charge is 0.361 e. The Morgan fingerprint density at radius 2 is 1.97 bits per heavy atom. The fourth-order valence-corrected chi connectivity index (χ4v) is 4.95. The highest BCUT2D eigenvalue weighted by atomic mass is 32.2. The minimum Gasteiger partial charge on any atom is -0.361 e. The van der Waals surface area contributed by atoms with Crippen LogP contribution in [0.25, 0.3) is 27.7 Å². The normalized spacial score (nSPS) is 12.2. The van der Waals surface area contributed by atoms with Crippen molar-refractivity contribution in [3.63, 3.8) is 0 Å². The van der Waals surface area contributed by atoms with Crippen LogP contribution in [0.2, 0.25) is 0 Å². The average Bonchev–Trinajstić information content (AvgIpc) is 3.42. The smallest absolute Gasteiger partial charge is 0.279 e. The number of aromatic nitrogens is 3. The van der Waals surface area contributed by atoms with Crippen molar-refractivity contribution < 1.29 is 12.8 Å². The van der Waals surface area contributed by atoms with Crippen LogP contribution in [0, 0.1) is 12.7 Å². The van der Waals surface area contributed by atoms with Crippen molar-refractivity contribution in [2.24, 2.45) is 5.10 Å². The predicted octanol–water partition coefficient (Wildman–Crippen LogP) is 4.58. The molecule has 0 fully saturated rings. The molecule has 3 heterocycles. The molecule has 0 aliphatic rings. The highest BCUT2D eigenvalue weighted by Gasteiger charge is 2.22. The molecule has 0 radical (unpaired) electrons. The molecule has 3 aromatic heterocycles. The molecule has 0 saturated heterocycles. The topological polar surface area (TPSA) is 82.8 Å². The molecular formula is C24H20FN5O2S. The van der Waals surface area contributed by atoms with Crippen LogP contribution in [0.15, 0.2) is 83.2 Å². The maximum absolute atomic E-state index is 13.6. The second-order valence-electron chi connectivity index (χ2n) is 7.67. The van der Waals surface area contributed by atoms with E-state index in [0.29, 0.717) is 16.9 Å². The SMILES string of the molecule is Cc1ccc(F)cc1S(=O)(=O)N(C)N=Cc1cnc2ccc(-c3c[nH]c4ccccc34)cn12. The minimum atomic E-state index is -4.00. The molecule has 5 rings (SSSR count). The van der Waals surface area contributed by atoms with E-state index in [4.69, 9.17) is 0 Å².